The maximum atomic E-state index is 8.89. The maximum absolute atomic E-state index is 8.89. The van der Waals surface area contributed by atoms with Crippen molar-refractivity contribution in [2.45, 2.75) is 130 Å². The molecule has 0 unspecified atom stereocenters. The van der Waals surface area contributed by atoms with E-state index in [9.17, 15) is 0 Å². The molecule has 11 heteroatoms. The van der Waals surface area contributed by atoms with Crippen LogP contribution < -0.4 is 115 Å². The van der Waals surface area contributed by atoms with Crippen LogP contribution in [0.5, 0.6) is 0 Å². The topological polar surface area (TPSA) is 158 Å². The largest absolute Gasteiger partial charge is 1.00 e. The molecule has 0 aromatic rings. The van der Waals surface area contributed by atoms with Gasteiger partial charge in [-0.25, -0.2) is 0 Å². The van der Waals surface area contributed by atoms with Gasteiger partial charge in [0, 0.05) is 31.0 Å². The molecule has 0 fully saturated rings. The van der Waals surface area contributed by atoms with Crippen LogP contribution in [0.25, 0.3) is 0 Å². The first-order valence-corrected chi connectivity index (χ1v) is 13.0. The molecule has 0 aromatic carbocycles. The van der Waals surface area contributed by atoms with Gasteiger partial charge in [0.2, 0.25) is 0 Å². The normalized spacial score (nSPS) is 8.68. The van der Waals surface area contributed by atoms with E-state index in [-0.39, 0.29) is 88.7 Å². The van der Waals surface area contributed by atoms with Gasteiger partial charge in [-0.15, -0.1) is 0 Å². The standard InChI is InChI=1S/C20H44N2.3C2H4O2.3Na/c1-2-3-4-5-6-7-8-9-10-11-12-13-14-15-16-17-19-22-20-18-21;3*1-2(3)4;;;/h22H,2-21H2,1H3;3*1H3,(H,3,4);;;/q;;;;3*+1/p-3. The monoisotopic (exact) mass is 558 g/mol. The molecule has 0 saturated carbocycles. The molecule has 0 amide bonds. The first-order valence-electron chi connectivity index (χ1n) is 13.0. The van der Waals surface area contributed by atoms with E-state index in [0.29, 0.717) is 0 Å². The molecular weight excluding hydrogens is 505 g/mol. The van der Waals surface area contributed by atoms with Crippen LogP contribution in [0, 0.1) is 0 Å². The molecule has 8 nitrogen and oxygen atoms in total. The quantitative estimate of drug-likeness (QED) is 0.117. The van der Waals surface area contributed by atoms with Crippen LogP contribution in [0.4, 0.5) is 0 Å². The minimum Gasteiger partial charge on any atom is -0.550 e. The molecule has 0 aliphatic carbocycles. The Morgan fingerprint density at radius 2 is 0.730 bits per heavy atom. The number of rotatable bonds is 19. The Kier molecular flexibility index (Phi) is 78.8. The molecule has 0 spiro atoms. The van der Waals surface area contributed by atoms with E-state index in [1.165, 1.54) is 103 Å². The van der Waals surface area contributed by atoms with Gasteiger partial charge in [-0.05, 0) is 33.7 Å². The fourth-order valence-electron chi connectivity index (χ4n) is 3.03. The van der Waals surface area contributed by atoms with Gasteiger partial charge in [0.05, 0.1) is 0 Å². The van der Waals surface area contributed by atoms with Crippen LogP contribution >= 0.6 is 0 Å². The summed E-state index contributed by atoms with van der Waals surface area (Å²) in [7, 11) is 0. The van der Waals surface area contributed by atoms with E-state index in [2.05, 4.69) is 12.2 Å². The van der Waals surface area contributed by atoms with Crippen molar-refractivity contribution in [1.82, 2.24) is 5.32 Å². The van der Waals surface area contributed by atoms with E-state index >= 15 is 0 Å². The summed E-state index contributed by atoms with van der Waals surface area (Å²) >= 11 is 0. The molecule has 0 heterocycles. The summed E-state index contributed by atoms with van der Waals surface area (Å²) in [5.41, 5.74) is 5.44. The van der Waals surface area contributed by atoms with Gasteiger partial charge in [-0.1, -0.05) is 103 Å². The second-order valence-corrected chi connectivity index (χ2v) is 8.32. The summed E-state index contributed by atoms with van der Waals surface area (Å²) in [5, 5.41) is 30.0. The molecule has 0 aliphatic rings. The molecule has 0 aliphatic heterocycles. The number of carbonyl (C=O) groups excluding carboxylic acids is 3. The van der Waals surface area contributed by atoms with Crippen LogP contribution in [0.3, 0.4) is 0 Å². The second kappa shape index (κ2) is 53.6. The van der Waals surface area contributed by atoms with Gasteiger partial charge in [0.15, 0.2) is 0 Å². The van der Waals surface area contributed by atoms with Gasteiger partial charge in [-0.3, -0.25) is 0 Å². The van der Waals surface area contributed by atoms with Crippen molar-refractivity contribution in [3.8, 4) is 0 Å². The zero-order valence-corrected chi connectivity index (χ0v) is 31.5. The third-order valence-corrected chi connectivity index (χ3v) is 4.53. The van der Waals surface area contributed by atoms with Gasteiger partial charge in [0.1, 0.15) is 0 Å². The van der Waals surface area contributed by atoms with Gasteiger partial charge in [-0.2, -0.15) is 0 Å². The van der Waals surface area contributed by atoms with E-state index in [0.717, 1.165) is 40.4 Å². The number of hydrogen-bond donors (Lipinski definition) is 2. The first kappa shape index (κ1) is 54.4. The Morgan fingerprint density at radius 3 is 0.946 bits per heavy atom. The molecule has 0 rings (SSSR count). The fraction of sp³-hybridized carbons (Fsp3) is 0.885. The predicted molar refractivity (Wildman–Crippen MR) is 134 cm³/mol. The molecule has 0 bridgehead atoms. The summed E-state index contributed by atoms with van der Waals surface area (Å²) in [4.78, 5) is 26.7. The molecule has 37 heavy (non-hydrogen) atoms. The Hall–Kier alpha value is 1.33. The molecule has 3 N–H and O–H groups in total. The Labute approximate surface area is 294 Å². The summed E-state index contributed by atoms with van der Waals surface area (Å²) in [6.45, 7) is 8.09. The number of hydrogen-bond acceptors (Lipinski definition) is 8. The zero-order chi connectivity index (χ0) is 26.9. The van der Waals surface area contributed by atoms with Gasteiger partial charge in [0.25, 0.3) is 0 Å². The molecule has 0 saturated heterocycles. The van der Waals surface area contributed by atoms with Gasteiger partial charge < -0.3 is 40.8 Å². The van der Waals surface area contributed by atoms with Crippen LogP contribution in [0.15, 0.2) is 0 Å². The molecule has 0 aromatic heterocycles. The van der Waals surface area contributed by atoms with E-state index in [1.54, 1.807) is 0 Å². The molecule has 0 atom stereocenters. The molecule has 0 radical (unpaired) electrons. The van der Waals surface area contributed by atoms with Crippen LogP contribution in [0.1, 0.15) is 130 Å². The van der Waals surface area contributed by atoms with Crippen molar-refractivity contribution in [1.29, 1.82) is 0 Å². The van der Waals surface area contributed by atoms with Crippen molar-refractivity contribution in [2.24, 2.45) is 5.73 Å². The minimum absolute atomic E-state index is 0. The van der Waals surface area contributed by atoms with Crippen LogP contribution in [-0.4, -0.2) is 37.5 Å². The minimum atomic E-state index is -1.08. The summed E-state index contributed by atoms with van der Waals surface area (Å²) in [5.74, 6) is -3.25. The van der Waals surface area contributed by atoms with E-state index < -0.39 is 17.9 Å². The van der Waals surface area contributed by atoms with Crippen molar-refractivity contribution in [2.75, 3.05) is 19.6 Å². The molecule has 206 valence electrons. The fourth-order valence-corrected chi connectivity index (χ4v) is 3.03. The van der Waals surface area contributed by atoms with E-state index in [4.69, 9.17) is 35.4 Å². The maximum Gasteiger partial charge on any atom is 1.00 e. The first-order chi connectivity index (χ1) is 16.1. The summed E-state index contributed by atoms with van der Waals surface area (Å²) < 4.78 is 0. The Bertz CT molecular complexity index is 375. The van der Waals surface area contributed by atoms with Crippen molar-refractivity contribution < 1.29 is 118 Å². The van der Waals surface area contributed by atoms with Crippen molar-refractivity contribution in [3.05, 3.63) is 0 Å². The summed E-state index contributed by atoms with van der Waals surface area (Å²) in [6, 6.07) is 0. The molecular formula is C26H53N2Na3O6. The van der Waals surface area contributed by atoms with Gasteiger partial charge >= 0.3 is 88.7 Å². The van der Waals surface area contributed by atoms with Crippen molar-refractivity contribution >= 4 is 17.9 Å². The number of unbranched alkanes of at least 4 members (excludes halogenated alkanes) is 15. The average molecular weight is 559 g/mol. The van der Waals surface area contributed by atoms with E-state index in [1.807, 2.05) is 0 Å². The smallest absolute Gasteiger partial charge is 0.550 e. The SMILES string of the molecule is CC(=O)[O-].CC(=O)[O-].CC(=O)[O-].CCCCCCCCCCCCCCCCCCNCCN.[Na+].[Na+].[Na+]. The predicted octanol–water partition coefficient (Wildman–Crippen LogP) is -6.92. The number of carbonyl (C=O) groups is 3. The summed E-state index contributed by atoms with van der Waals surface area (Å²) in [6.07, 6.45) is 23.0. The van der Waals surface area contributed by atoms with Crippen LogP contribution in [0.2, 0.25) is 0 Å². The zero-order valence-electron chi connectivity index (χ0n) is 25.5. The Balaban J connectivity index is -0.000000100. The van der Waals surface area contributed by atoms with Crippen molar-refractivity contribution in [3.63, 3.8) is 0 Å². The number of nitrogens with two attached hydrogens (primary N) is 1. The van der Waals surface area contributed by atoms with Crippen LogP contribution in [-0.2, 0) is 14.4 Å². The second-order valence-electron chi connectivity index (χ2n) is 8.32. The number of aliphatic carboxylic acids is 3. The number of carboxylic acids is 3. The number of nitrogens with one attached hydrogen (secondary N) is 1. The Morgan fingerprint density at radius 1 is 0.514 bits per heavy atom. The average Bonchev–Trinajstić information content (AvgIpc) is 2.72. The number of carboxylic acid groups (broad SMARTS) is 3. The third-order valence-electron chi connectivity index (χ3n) is 4.53. The third kappa shape index (κ3) is 113.